The van der Waals surface area contributed by atoms with Crippen molar-refractivity contribution < 1.29 is 4.39 Å². The van der Waals surface area contributed by atoms with E-state index < -0.39 is 0 Å². The maximum absolute atomic E-state index is 13.0. The fourth-order valence-electron chi connectivity index (χ4n) is 2.37. The predicted molar refractivity (Wildman–Crippen MR) is 61.4 cm³/mol. The van der Waals surface area contributed by atoms with Crippen LogP contribution in [0.5, 0.6) is 0 Å². The number of hydrogen-bond acceptors (Lipinski definition) is 1. The summed E-state index contributed by atoms with van der Waals surface area (Å²) in [4.78, 5) is 0. The summed E-state index contributed by atoms with van der Waals surface area (Å²) >= 11 is 0. The molecule has 1 fully saturated rings. The number of halogens is 1. The van der Waals surface area contributed by atoms with E-state index in [0.29, 0.717) is 11.5 Å². The van der Waals surface area contributed by atoms with Crippen molar-refractivity contribution in [1.29, 1.82) is 0 Å². The minimum Gasteiger partial charge on any atom is -0.382 e. The molecule has 1 aliphatic carbocycles. The molecule has 1 atom stereocenters. The lowest BCUT2D eigenvalue weighted by Crippen LogP contribution is -2.17. The second-order valence-corrected chi connectivity index (χ2v) is 5.26. The first-order chi connectivity index (χ1) is 7.05. The molecule has 1 unspecified atom stereocenters. The molecule has 1 aromatic rings. The van der Waals surface area contributed by atoms with Crippen molar-refractivity contribution in [1.82, 2.24) is 0 Å². The van der Waals surface area contributed by atoms with E-state index in [2.05, 4.69) is 19.2 Å². The quantitative estimate of drug-likeness (QED) is 0.777. The molecule has 1 saturated carbocycles. The van der Waals surface area contributed by atoms with E-state index in [9.17, 15) is 4.39 Å². The summed E-state index contributed by atoms with van der Waals surface area (Å²) in [5, 5.41) is 3.40. The number of anilines is 1. The van der Waals surface area contributed by atoms with Gasteiger partial charge in [-0.1, -0.05) is 19.9 Å². The molecule has 0 aliphatic heterocycles. The third-order valence-electron chi connectivity index (χ3n) is 3.16. The highest BCUT2D eigenvalue weighted by Gasteiger charge is 2.30. The van der Waals surface area contributed by atoms with E-state index in [1.807, 2.05) is 6.07 Å². The molecule has 0 aromatic heterocycles. The first-order valence-electron chi connectivity index (χ1n) is 5.57. The maximum atomic E-state index is 13.0. The van der Waals surface area contributed by atoms with Gasteiger partial charge in [0.15, 0.2) is 0 Å². The van der Waals surface area contributed by atoms with E-state index in [0.717, 1.165) is 5.69 Å². The molecule has 0 radical (unpaired) electrons. The van der Waals surface area contributed by atoms with Crippen LogP contribution in [-0.2, 0) is 0 Å². The van der Waals surface area contributed by atoms with Gasteiger partial charge in [0, 0.05) is 11.7 Å². The topological polar surface area (TPSA) is 12.0 Å². The highest BCUT2D eigenvalue weighted by atomic mass is 19.1. The standard InChI is InChI=1S/C13H18FN/c1-13(2)7-6-12(9-13)15-11-5-3-4-10(14)8-11/h3-5,8,12,15H,6-7,9H2,1-2H3. The van der Waals surface area contributed by atoms with Gasteiger partial charge >= 0.3 is 0 Å². The molecule has 2 rings (SSSR count). The van der Waals surface area contributed by atoms with E-state index in [-0.39, 0.29) is 5.82 Å². The molecular weight excluding hydrogens is 189 g/mol. The second-order valence-electron chi connectivity index (χ2n) is 5.26. The Morgan fingerprint density at radius 3 is 2.80 bits per heavy atom. The summed E-state index contributed by atoms with van der Waals surface area (Å²) in [7, 11) is 0. The fourth-order valence-corrected chi connectivity index (χ4v) is 2.37. The number of nitrogens with one attached hydrogen (secondary N) is 1. The Labute approximate surface area is 90.7 Å². The smallest absolute Gasteiger partial charge is 0.125 e. The van der Waals surface area contributed by atoms with Gasteiger partial charge in [0.1, 0.15) is 5.82 Å². The van der Waals surface area contributed by atoms with Crippen molar-refractivity contribution in [3.05, 3.63) is 30.1 Å². The molecule has 1 aliphatic rings. The normalized spacial score (nSPS) is 24.1. The van der Waals surface area contributed by atoms with Crippen molar-refractivity contribution in [2.24, 2.45) is 5.41 Å². The predicted octanol–water partition coefficient (Wildman–Crippen LogP) is 3.82. The molecule has 0 saturated heterocycles. The Morgan fingerprint density at radius 1 is 1.40 bits per heavy atom. The molecule has 82 valence electrons. The largest absolute Gasteiger partial charge is 0.382 e. The summed E-state index contributed by atoms with van der Waals surface area (Å²) in [5.74, 6) is -0.169. The average molecular weight is 207 g/mol. The number of benzene rings is 1. The van der Waals surface area contributed by atoms with Crippen molar-refractivity contribution in [2.75, 3.05) is 5.32 Å². The van der Waals surface area contributed by atoms with E-state index in [1.54, 1.807) is 12.1 Å². The van der Waals surface area contributed by atoms with Gasteiger partial charge in [0.05, 0.1) is 0 Å². The van der Waals surface area contributed by atoms with Gasteiger partial charge in [-0.2, -0.15) is 0 Å². The van der Waals surface area contributed by atoms with Crippen LogP contribution in [0.3, 0.4) is 0 Å². The Bertz CT molecular complexity index is 346. The van der Waals surface area contributed by atoms with Crippen molar-refractivity contribution >= 4 is 5.69 Å². The van der Waals surface area contributed by atoms with Crippen LogP contribution >= 0.6 is 0 Å². The monoisotopic (exact) mass is 207 g/mol. The zero-order valence-corrected chi connectivity index (χ0v) is 9.39. The molecule has 1 nitrogen and oxygen atoms in total. The van der Waals surface area contributed by atoms with Gasteiger partial charge in [-0.3, -0.25) is 0 Å². The third kappa shape index (κ3) is 2.71. The first kappa shape index (κ1) is 10.5. The van der Waals surface area contributed by atoms with E-state index in [1.165, 1.54) is 25.3 Å². The zero-order chi connectivity index (χ0) is 10.9. The van der Waals surface area contributed by atoms with Crippen molar-refractivity contribution in [3.63, 3.8) is 0 Å². The molecule has 2 heteroatoms. The first-order valence-corrected chi connectivity index (χ1v) is 5.57. The summed E-state index contributed by atoms with van der Waals surface area (Å²) in [6.07, 6.45) is 3.60. The minimum absolute atomic E-state index is 0.169. The van der Waals surface area contributed by atoms with Crippen LogP contribution < -0.4 is 5.32 Å². The average Bonchev–Trinajstić information content (AvgIpc) is 2.45. The molecule has 0 spiro atoms. The Balaban J connectivity index is 1.99. The van der Waals surface area contributed by atoms with Crippen molar-refractivity contribution in [3.8, 4) is 0 Å². The molecule has 0 amide bonds. The summed E-state index contributed by atoms with van der Waals surface area (Å²) in [6.45, 7) is 4.58. The summed E-state index contributed by atoms with van der Waals surface area (Å²) < 4.78 is 13.0. The summed E-state index contributed by atoms with van der Waals surface area (Å²) in [6, 6.07) is 7.21. The lowest BCUT2D eigenvalue weighted by Gasteiger charge is -2.18. The van der Waals surface area contributed by atoms with Crippen molar-refractivity contribution in [2.45, 2.75) is 39.2 Å². The lowest BCUT2D eigenvalue weighted by atomic mass is 9.92. The van der Waals surface area contributed by atoms with Gasteiger partial charge in [-0.25, -0.2) is 4.39 Å². The van der Waals surface area contributed by atoms with Crippen LogP contribution in [0.25, 0.3) is 0 Å². The van der Waals surface area contributed by atoms with Crippen LogP contribution in [0, 0.1) is 11.2 Å². The minimum atomic E-state index is -0.169. The van der Waals surface area contributed by atoms with Crippen LogP contribution in [0.4, 0.5) is 10.1 Å². The van der Waals surface area contributed by atoms with Crippen LogP contribution in [0.15, 0.2) is 24.3 Å². The highest BCUT2D eigenvalue weighted by Crippen LogP contribution is 2.38. The Morgan fingerprint density at radius 2 is 2.20 bits per heavy atom. The van der Waals surface area contributed by atoms with Gasteiger partial charge in [0.2, 0.25) is 0 Å². The van der Waals surface area contributed by atoms with Gasteiger partial charge in [-0.15, -0.1) is 0 Å². The van der Waals surface area contributed by atoms with Gasteiger partial charge < -0.3 is 5.32 Å². The Hall–Kier alpha value is -1.05. The Kier molecular flexibility index (Phi) is 2.68. The van der Waals surface area contributed by atoms with E-state index in [4.69, 9.17) is 0 Å². The SMILES string of the molecule is CC1(C)CCC(Nc2cccc(F)c2)C1. The third-order valence-corrected chi connectivity index (χ3v) is 3.16. The molecule has 0 heterocycles. The molecule has 0 bridgehead atoms. The second kappa shape index (κ2) is 3.84. The zero-order valence-electron chi connectivity index (χ0n) is 9.39. The van der Waals surface area contributed by atoms with Gasteiger partial charge in [0.25, 0.3) is 0 Å². The number of rotatable bonds is 2. The molecule has 1 aromatic carbocycles. The van der Waals surface area contributed by atoms with Gasteiger partial charge in [-0.05, 0) is 42.9 Å². The number of hydrogen-bond donors (Lipinski definition) is 1. The molecular formula is C13H18FN. The van der Waals surface area contributed by atoms with E-state index >= 15 is 0 Å². The van der Waals surface area contributed by atoms with Crippen LogP contribution in [0.2, 0.25) is 0 Å². The molecule has 15 heavy (non-hydrogen) atoms. The highest BCUT2D eigenvalue weighted by molar-refractivity contribution is 5.44. The molecule has 1 N–H and O–H groups in total. The maximum Gasteiger partial charge on any atom is 0.125 e. The van der Waals surface area contributed by atoms with Crippen LogP contribution in [0.1, 0.15) is 33.1 Å². The fraction of sp³-hybridized carbons (Fsp3) is 0.538. The lowest BCUT2D eigenvalue weighted by molar-refractivity contribution is 0.378. The summed E-state index contributed by atoms with van der Waals surface area (Å²) in [5.41, 5.74) is 1.34. The van der Waals surface area contributed by atoms with Crippen LogP contribution in [-0.4, -0.2) is 6.04 Å².